The zero-order valence-electron chi connectivity index (χ0n) is 8.93. The molecule has 4 heteroatoms. The fraction of sp³-hybridized carbons (Fsp3) is 0.308. The van der Waals surface area contributed by atoms with E-state index in [1.54, 1.807) is 18.2 Å². The van der Waals surface area contributed by atoms with Gasteiger partial charge in [0.25, 0.3) is 0 Å². The molecule has 1 aliphatic carbocycles. The lowest BCUT2D eigenvalue weighted by atomic mass is 9.95. The highest BCUT2D eigenvalue weighted by atomic mass is 28.2. The van der Waals surface area contributed by atoms with Crippen molar-refractivity contribution < 1.29 is 13.2 Å². The molecule has 1 unspecified atom stereocenters. The van der Waals surface area contributed by atoms with Crippen molar-refractivity contribution in [2.75, 3.05) is 0 Å². The highest BCUT2D eigenvalue weighted by Crippen LogP contribution is 2.21. The predicted octanol–water partition coefficient (Wildman–Crippen LogP) is 2.26. The lowest BCUT2D eigenvalue weighted by Gasteiger charge is -2.15. The van der Waals surface area contributed by atoms with E-state index in [4.69, 9.17) is 12.8 Å². The third-order valence-corrected chi connectivity index (χ3v) is 3.98. The second-order valence-electron chi connectivity index (χ2n) is 3.53. The van der Waals surface area contributed by atoms with Crippen molar-refractivity contribution in [3.63, 3.8) is 0 Å². The van der Waals surface area contributed by atoms with Gasteiger partial charge in [-0.15, -0.1) is 0 Å². The maximum atomic E-state index is 12.0. The standard InChI is InChI=1S/C13H9F3Si/c1-3-10-6-5-7-11(4-2)12(10)17-9-8-13(14,15)16/h5-7,10,17H,8-9H2. The van der Waals surface area contributed by atoms with Gasteiger partial charge in [0.15, 0.2) is 0 Å². The quantitative estimate of drug-likeness (QED) is 0.521. The Morgan fingerprint density at radius 2 is 2.06 bits per heavy atom. The largest absolute Gasteiger partial charge is 0.389 e. The van der Waals surface area contributed by atoms with Gasteiger partial charge in [0.2, 0.25) is 0 Å². The van der Waals surface area contributed by atoms with Gasteiger partial charge in [-0.3, -0.25) is 0 Å². The highest BCUT2D eigenvalue weighted by molar-refractivity contribution is 6.59. The molecule has 0 fully saturated rings. The molecule has 1 aliphatic rings. The monoisotopic (exact) mass is 250 g/mol. The van der Waals surface area contributed by atoms with E-state index in [1.165, 1.54) is 0 Å². The molecule has 0 aromatic rings. The molecule has 86 valence electrons. The minimum atomic E-state index is -4.14. The molecule has 0 N–H and O–H groups in total. The molecule has 0 heterocycles. The van der Waals surface area contributed by atoms with Crippen LogP contribution in [0.1, 0.15) is 6.42 Å². The van der Waals surface area contributed by atoms with Gasteiger partial charge in [0, 0.05) is 21.1 Å². The SMILES string of the molecule is [C]#CC1=CC=CC(C#[C])C1=[SiH]CCC(F)(F)F. The highest BCUT2D eigenvalue weighted by Gasteiger charge is 2.26. The molecule has 1 atom stereocenters. The first-order valence-corrected chi connectivity index (χ1v) is 6.38. The number of allylic oxidation sites excluding steroid dienone is 4. The number of hydrogen-bond acceptors (Lipinski definition) is 0. The van der Waals surface area contributed by atoms with Crippen molar-refractivity contribution in [1.29, 1.82) is 0 Å². The van der Waals surface area contributed by atoms with Gasteiger partial charge in [-0.1, -0.05) is 24.0 Å². The Morgan fingerprint density at radius 1 is 1.35 bits per heavy atom. The average molecular weight is 250 g/mol. The Labute approximate surface area is 101 Å². The molecule has 0 aromatic heterocycles. The van der Waals surface area contributed by atoms with Crippen LogP contribution < -0.4 is 0 Å². The summed E-state index contributed by atoms with van der Waals surface area (Å²) in [5.74, 6) is 4.08. The Bertz CT molecular complexity index is 453. The van der Waals surface area contributed by atoms with Gasteiger partial charge in [0.1, 0.15) is 0 Å². The summed E-state index contributed by atoms with van der Waals surface area (Å²) in [6, 6.07) is 0.0455. The van der Waals surface area contributed by atoms with E-state index < -0.39 is 27.6 Å². The maximum absolute atomic E-state index is 12.0. The molecule has 2 radical (unpaired) electrons. The normalized spacial score (nSPS) is 21.8. The number of halogens is 3. The van der Waals surface area contributed by atoms with Crippen molar-refractivity contribution in [3.8, 4) is 11.8 Å². The molecule has 0 saturated heterocycles. The van der Waals surface area contributed by atoms with Gasteiger partial charge in [-0.2, -0.15) is 13.2 Å². The molecule has 0 spiro atoms. The topological polar surface area (TPSA) is 0 Å². The van der Waals surface area contributed by atoms with Crippen LogP contribution in [0.4, 0.5) is 13.2 Å². The van der Waals surface area contributed by atoms with E-state index in [0.717, 1.165) is 0 Å². The molecule has 0 amide bonds. The Balaban J connectivity index is 2.83. The average Bonchev–Trinajstić information content (AvgIpc) is 2.27. The van der Waals surface area contributed by atoms with Crippen LogP contribution in [-0.2, 0) is 0 Å². The van der Waals surface area contributed by atoms with Crippen LogP contribution in [0.15, 0.2) is 23.8 Å². The fourth-order valence-electron chi connectivity index (χ4n) is 1.50. The minimum Gasteiger partial charge on any atom is -0.171 e. The maximum Gasteiger partial charge on any atom is 0.389 e. The summed E-state index contributed by atoms with van der Waals surface area (Å²) in [6.45, 7) is 0. The van der Waals surface area contributed by atoms with Gasteiger partial charge in [-0.05, 0) is 30.1 Å². The summed E-state index contributed by atoms with van der Waals surface area (Å²) in [6.07, 6.45) is 14.2. The van der Waals surface area contributed by atoms with Crippen molar-refractivity contribution in [2.24, 2.45) is 5.92 Å². The van der Waals surface area contributed by atoms with Crippen molar-refractivity contribution >= 4 is 14.3 Å². The second-order valence-corrected chi connectivity index (χ2v) is 5.13. The second kappa shape index (κ2) is 5.70. The number of rotatable bonds is 2. The Morgan fingerprint density at radius 3 is 2.59 bits per heavy atom. The summed E-state index contributed by atoms with van der Waals surface area (Å²) in [5.41, 5.74) is 0.495. The lowest BCUT2D eigenvalue weighted by molar-refractivity contribution is -0.130. The van der Waals surface area contributed by atoms with E-state index in [0.29, 0.717) is 10.7 Å². The summed E-state index contributed by atoms with van der Waals surface area (Å²) in [4.78, 5) is 0. The third kappa shape index (κ3) is 4.09. The molecule has 0 bridgehead atoms. The molecule has 17 heavy (non-hydrogen) atoms. The van der Waals surface area contributed by atoms with Gasteiger partial charge >= 0.3 is 6.18 Å². The summed E-state index contributed by atoms with van der Waals surface area (Å²) in [5, 5.41) is 0.696. The van der Waals surface area contributed by atoms with Crippen LogP contribution in [0.3, 0.4) is 0 Å². The van der Waals surface area contributed by atoms with Gasteiger partial charge in [0.05, 0.1) is 5.92 Å². The fourth-order valence-corrected chi connectivity index (χ4v) is 3.12. The number of hydrogen-bond donors (Lipinski definition) is 0. The first kappa shape index (κ1) is 13.5. The smallest absolute Gasteiger partial charge is 0.171 e. The Kier molecular flexibility index (Phi) is 4.54. The molecule has 0 nitrogen and oxygen atoms in total. The van der Waals surface area contributed by atoms with Crippen molar-refractivity contribution in [2.45, 2.75) is 18.6 Å². The molecule has 1 rings (SSSR count). The minimum absolute atomic E-state index is 0.0455. The van der Waals surface area contributed by atoms with Crippen LogP contribution >= 0.6 is 0 Å². The van der Waals surface area contributed by atoms with Crippen molar-refractivity contribution in [1.82, 2.24) is 0 Å². The van der Waals surface area contributed by atoms with Crippen LogP contribution in [0.25, 0.3) is 0 Å². The molecular formula is C13H9F3Si. The van der Waals surface area contributed by atoms with Crippen LogP contribution in [-0.4, -0.2) is 20.5 Å². The van der Waals surface area contributed by atoms with E-state index in [2.05, 4.69) is 11.8 Å². The molecule has 0 saturated carbocycles. The predicted molar refractivity (Wildman–Crippen MR) is 62.6 cm³/mol. The Hall–Kier alpha value is -1.52. The zero-order valence-corrected chi connectivity index (χ0v) is 10.1. The molecular weight excluding hydrogens is 241 g/mol. The van der Waals surface area contributed by atoms with Gasteiger partial charge < -0.3 is 0 Å². The summed E-state index contributed by atoms with van der Waals surface area (Å²) < 4.78 is 36.1. The van der Waals surface area contributed by atoms with E-state index in [-0.39, 0.29) is 6.04 Å². The number of alkyl halides is 3. The summed E-state index contributed by atoms with van der Waals surface area (Å²) >= 11 is 0. The van der Waals surface area contributed by atoms with Crippen LogP contribution in [0, 0.1) is 30.6 Å². The van der Waals surface area contributed by atoms with Crippen molar-refractivity contribution in [3.05, 3.63) is 36.6 Å². The zero-order chi connectivity index (χ0) is 12.9. The third-order valence-electron chi connectivity index (χ3n) is 2.29. The first-order chi connectivity index (χ1) is 7.98. The first-order valence-electron chi connectivity index (χ1n) is 4.98. The lowest BCUT2D eigenvalue weighted by Crippen LogP contribution is -2.20. The van der Waals surface area contributed by atoms with Crippen LogP contribution in [0.5, 0.6) is 0 Å². The van der Waals surface area contributed by atoms with Gasteiger partial charge in [-0.25, -0.2) is 0 Å². The van der Waals surface area contributed by atoms with Crippen LogP contribution in [0.2, 0.25) is 6.04 Å². The van der Waals surface area contributed by atoms with E-state index in [1.807, 2.05) is 0 Å². The summed E-state index contributed by atoms with van der Waals surface area (Å²) in [7, 11) is -0.589. The molecule has 0 aromatic carbocycles. The molecule has 0 aliphatic heterocycles. The van der Waals surface area contributed by atoms with E-state index >= 15 is 0 Å². The van der Waals surface area contributed by atoms with E-state index in [9.17, 15) is 13.2 Å².